The zero-order valence-corrected chi connectivity index (χ0v) is 18.3. The summed E-state index contributed by atoms with van der Waals surface area (Å²) < 4.78 is 46.4. The van der Waals surface area contributed by atoms with Crippen molar-refractivity contribution in [2.75, 3.05) is 0 Å². The molecule has 0 spiro atoms. The molecule has 1 atom stereocenters. The average molecular weight is 493 g/mol. The zero-order chi connectivity index (χ0) is 23.4. The number of rotatable bonds is 5. The van der Waals surface area contributed by atoms with Gasteiger partial charge in [0.05, 0.1) is 4.88 Å². The van der Waals surface area contributed by atoms with Crippen molar-refractivity contribution in [3.8, 4) is 11.1 Å². The van der Waals surface area contributed by atoms with Crippen molar-refractivity contribution in [2.45, 2.75) is 33.9 Å². The van der Waals surface area contributed by atoms with Crippen LogP contribution in [0.15, 0.2) is 72.0 Å². The van der Waals surface area contributed by atoms with Crippen LogP contribution >= 0.6 is 23.1 Å². The number of aliphatic hydroxyl groups is 1. The van der Waals surface area contributed by atoms with Crippen molar-refractivity contribution >= 4 is 34.1 Å². The van der Waals surface area contributed by atoms with Crippen molar-refractivity contribution in [2.24, 2.45) is 5.92 Å². The molecular formula is C22H15F3N2O4S2. The molecule has 3 aromatic heterocycles. The number of alkyl halides is 3. The Morgan fingerprint density at radius 2 is 1.94 bits per heavy atom. The normalized spacial score (nSPS) is 16.1. The second-order valence-electron chi connectivity index (χ2n) is 7.71. The molecule has 0 aliphatic heterocycles. The van der Waals surface area contributed by atoms with Gasteiger partial charge in [-0.15, -0.1) is 11.3 Å². The van der Waals surface area contributed by atoms with E-state index in [1.165, 1.54) is 18.3 Å². The van der Waals surface area contributed by atoms with E-state index in [0.717, 1.165) is 29.3 Å². The lowest BCUT2D eigenvalue weighted by atomic mass is 9.96. The van der Waals surface area contributed by atoms with Crippen molar-refractivity contribution in [3.63, 3.8) is 0 Å². The molecule has 1 fully saturated rings. The molecule has 5 rings (SSSR count). The number of H-pyrrole nitrogens is 1. The first-order chi connectivity index (χ1) is 15.6. The SMILES string of the molecule is O=c1ccc(-c2cc(=O)oc3cc(Sc4ncc(C(O)(C5CC5)C(F)(F)F)s4)ccc23)c[nH]1. The molecule has 0 amide bonds. The van der Waals surface area contributed by atoms with E-state index in [1.54, 1.807) is 24.3 Å². The van der Waals surface area contributed by atoms with Gasteiger partial charge in [-0.3, -0.25) is 4.79 Å². The number of aromatic amines is 1. The Morgan fingerprint density at radius 1 is 1.15 bits per heavy atom. The van der Waals surface area contributed by atoms with Gasteiger partial charge in [0.1, 0.15) is 5.58 Å². The Labute approximate surface area is 192 Å². The summed E-state index contributed by atoms with van der Waals surface area (Å²) in [7, 11) is 0. The molecule has 0 saturated heterocycles. The van der Waals surface area contributed by atoms with E-state index < -0.39 is 23.3 Å². The van der Waals surface area contributed by atoms with Crippen molar-refractivity contribution < 1.29 is 22.7 Å². The molecule has 4 aromatic rings. The smallest absolute Gasteiger partial charge is 0.422 e. The fraction of sp³-hybridized carbons (Fsp3) is 0.227. The van der Waals surface area contributed by atoms with Gasteiger partial charge in [-0.05, 0) is 42.7 Å². The molecule has 1 aliphatic rings. The molecule has 6 nitrogen and oxygen atoms in total. The Balaban J connectivity index is 1.48. The third-order valence-electron chi connectivity index (χ3n) is 5.48. The van der Waals surface area contributed by atoms with Crippen LogP contribution in [0.1, 0.15) is 17.7 Å². The van der Waals surface area contributed by atoms with Crippen molar-refractivity contribution in [3.05, 3.63) is 74.4 Å². The van der Waals surface area contributed by atoms with Gasteiger partial charge in [0.15, 0.2) is 9.94 Å². The average Bonchev–Trinajstić information content (AvgIpc) is 3.51. The van der Waals surface area contributed by atoms with Crippen LogP contribution in [0.2, 0.25) is 0 Å². The van der Waals surface area contributed by atoms with Gasteiger partial charge in [-0.2, -0.15) is 13.2 Å². The topological polar surface area (TPSA) is 96.2 Å². The maximum Gasteiger partial charge on any atom is 0.422 e. The monoisotopic (exact) mass is 492 g/mol. The lowest BCUT2D eigenvalue weighted by Gasteiger charge is -2.29. The zero-order valence-electron chi connectivity index (χ0n) is 16.7. The van der Waals surface area contributed by atoms with E-state index in [2.05, 4.69) is 9.97 Å². The fourth-order valence-electron chi connectivity index (χ4n) is 3.68. The minimum atomic E-state index is -4.78. The maximum absolute atomic E-state index is 13.6. The lowest BCUT2D eigenvalue weighted by Crippen LogP contribution is -2.43. The second kappa shape index (κ2) is 7.86. The van der Waals surface area contributed by atoms with E-state index in [4.69, 9.17) is 4.42 Å². The summed E-state index contributed by atoms with van der Waals surface area (Å²) in [6, 6.07) is 9.34. The molecule has 11 heteroatoms. The molecule has 2 N–H and O–H groups in total. The highest BCUT2D eigenvalue weighted by Gasteiger charge is 2.63. The molecule has 1 saturated carbocycles. The first kappa shape index (κ1) is 21.9. The number of halogens is 3. The molecule has 170 valence electrons. The van der Waals surface area contributed by atoms with Crippen LogP contribution in [0, 0.1) is 5.92 Å². The summed E-state index contributed by atoms with van der Waals surface area (Å²) in [5, 5.41) is 11.1. The summed E-state index contributed by atoms with van der Waals surface area (Å²) in [5.41, 5.74) is -2.25. The van der Waals surface area contributed by atoms with Gasteiger partial charge in [-0.25, -0.2) is 9.78 Å². The molecular weight excluding hydrogens is 477 g/mol. The quantitative estimate of drug-likeness (QED) is 0.384. The number of pyridine rings is 1. The van der Waals surface area contributed by atoms with Gasteiger partial charge in [0.2, 0.25) is 5.56 Å². The minimum absolute atomic E-state index is 0.229. The lowest BCUT2D eigenvalue weighted by molar-refractivity contribution is -0.274. The van der Waals surface area contributed by atoms with Gasteiger partial charge in [0.25, 0.3) is 0 Å². The van der Waals surface area contributed by atoms with Crippen LogP contribution in [-0.2, 0) is 5.60 Å². The standard InChI is InChI=1S/C22H15F3N2O4S2/c23-22(24,25)21(30,12-2-3-12)17-10-27-20(33-17)32-13-4-5-14-15(8-19(29)31-16(14)7-13)11-1-6-18(28)26-9-11/h1,4-10,12,30H,2-3H2,(H,26,28). The number of aromatic nitrogens is 2. The van der Waals surface area contributed by atoms with Crippen LogP contribution < -0.4 is 11.2 Å². The molecule has 33 heavy (non-hydrogen) atoms. The number of benzene rings is 1. The summed E-state index contributed by atoms with van der Waals surface area (Å²) in [6.45, 7) is 0. The highest BCUT2D eigenvalue weighted by Crippen LogP contribution is 2.55. The third kappa shape index (κ3) is 4.00. The number of nitrogens with zero attached hydrogens (tertiary/aromatic N) is 1. The number of hydrogen-bond acceptors (Lipinski definition) is 7. The fourth-order valence-corrected chi connectivity index (χ4v) is 5.85. The van der Waals surface area contributed by atoms with Crippen LogP contribution in [0.5, 0.6) is 0 Å². The Kier molecular flexibility index (Phi) is 5.22. The van der Waals surface area contributed by atoms with E-state index in [-0.39, 0.29) is 16.0 Å². The predicted molar refractivity (Wildman–Crippen MR) is 117 cm³/mol. The minimum Gasteiger partial charge on any atom is -0.423 e. The van der Waals surface area contributed by atoms with E-state index in [9.17, 15) is 27.9 Å². The Bertz CT molecular complexity index is 1450. The highest BCUT2D eigenvalue weighted by molar-refractivity contribution is 8.01. The summed E-state index contributed by atoms with van der Waals surface area (Å²) >= 11 is 1.91. The third-order valence-corrected chi connectivity index (χ3v) is 7.66. The van der Waals surface area contributed by atoms with Crippen LogP contribution in [0.4, 0.5) is 13.2 Å². The van der Waals surface area contributed by atoms with E-state index >= 15 is 0 Å². The Hall–Kier alpha value is -2.89. The van der Waals surface area contributed by atoms with Gasteiger partial charge in [0, 0.05) is 46.3 Å². The molecule has 3 heterocycles. The van der Waals surface area contributed by atoms with Crippen molar-refractivity contribution in [1.82, 2.24) is 9.97 Å². The molecule has 1 aliphatic carbocycles. The summed E-state index contributed by atoms with van der Waals surface area (Å²) in [5.74, 6) is -0.850. The van der Waals surface area contributed by atoms with Gasteiger partial charge < -0.3 is 14.5 Å². The molecule has 0 bridgehead atoms. The van der Waals surface area contributed by atoms with Gasteiger partial charge in [-0.1, -0.05) is 11.8 Å². The summed E-state index contributed by atoms with van der Waals surface area (Å²) in [4.78, 5) is 30.4. The second-order valence-corrected chi connectivity index (χ2v) is 10.1. The van der Waals surface area contributed by atoms with Crippen LogP contribution in [0.25, 0.3) is 22.1 Å². The number of hydrogen-bond donors (Lipinski definition) is 2. The highest BCUT2D eigenvalue weighted by atomic mass is 32.2. The van der Waals surface area contributed by atoms with Crippen LogP contribution in [-0.4, -0.2) is 21.3 Å². The number of thiazole rings is 1. The van der Waals surface area contributed by atoms with E-state index in [0.29, 0.717) is 38.6 Å². The number of nitrogens with one attached hydrogen (secondary N) is 1. The molecule has 0 radical (unpaired) electrons. The van der Waals surface area contributed by atoms with Gasteiger partial charge >= 0.3 is 11.8 Å². The first-order valence-corrected chi connectivity index (χ1v) is 11.5. The maximum atomic E-state index is 13.6. The van der Waals surface area contributed by atoms with Crippen LogP contribution in [0.3, 0.4) is 0 Å². The largest absolute Gasteiger partial charge is 0.423 e. The Morgan fingerprint density at radius 3 is 2.61 bits per heavy atom. The number of fused-ring (bicyclic) bond motifs is 1. The first-order valence-electron chi connectivity index (χ1n) is 9.85. The van der Waals surface area contributed by atoms with Crippen molar-refractivity contribution in [1.29, 1.82) is 0 Å². The van der Waals surface area contributed by atoms with E-state index in [1.807, 2.05) is 0 Å². The predicted octanol–water partition coefficient (Wildman–Crippen LogP) is 4.92. The molecule has 1 unspecified atom stereocenters. The molecule has 1 aromatic carbocycles. The summed E-state index contributed by atoms with van der Waals surface area (Å²) in [6.07, 6.45) is -1.57.